The average molecular weight is 436 g/mol. The highest BCUT2D eigenvalue weighted by Crippen LogP contribution is 2.40. The molecule has 1 amide bonds. The lowest BCUT2D eigenvalue weighted by atomic mass is 9.88. The van der Waals surface area contributed by atoms with E-state index in [4.69, 9.17) is 16.3 Å². The first-order valence-electron chi connectivity index (χ1n) is 9.65. The minimum absolute atomic E-state index is 0.145. The van der Waals surface area contributed by atoms with Crippen molar-refractivity contribution in [3.05, 3.63) is 56.7 Å². The molecule has 0 radical (unpaired) electrons. The number of nitrogens with one attached hydrogen (secondary N) is 1. The molecule has 0 bridgehead atoms. The van der Waals surface area contributed by atoms with Gasteiger partial charge in [-0.1, -0.05) is 31.5 Å². The molecule has 0 aliphatic heterocycles. The largest absolute Gasteiger partial charge is 0.462 e. The number of anilines is 1. The number of benzene rings is 1. The van der Waals surface area contributed by atoms with Gasteiger partial charge in [-0.3, -0.25) is 4.79 Å². The highest BCUT2D eigenvalue weighted by molar-refractivity contribution is 7.17. The Hall–Kier alpha value is -2.18. The van der Waals surface area contributed by atoms with Crippen LogP contribution >= 0.6 is 22.9 Å². The van der Waals surface area contributed by atoms with Crippen LogP contribution in [0.1, 0.15) is 53.1 Å². The molecule has 1 aromatic carbocycles. The fourth-order valence-electron chi connectivity index (χ4n) is 3.30. The second kappa shape index (κ2) is 9.55. The maximum Gasteiger partial charge on any atom is 0.341 e. The van der Waals surface area contributed by atoms with Crippen LogP contribution in [-0.4, -0.2) is 18.5 Å². The summed E-state index contributed by atoms with van der Waals surface area (Å²) in [5, 5.41) is 3.48. The second-order valence-electron chi connectivity index (χ2n) is 7.15. The Bertz CT molecular complexity index is 934. The molecule has 29 heavy (non-hydrogen) atoms. The van der Waals surface area contributed by atoms with E-state index in [1.807, 2.05) is 6.92 Å². The smallest absolute Gasteiger partial charge is 0.341 e. The van der Waals surface area contributed by atoms with Gasteiger partial charge in [-0.2, -0.15) is 0 Å². The van der Waals surface area contributed by atoms with Gasteiger partial charge in [-0.05, 0) is 55.4 Å². The number of halogens is 2. The van der Waals surface area contributed by atoms with Crippen molar-refractivity contribution in [1.82, 2.24) is 0 Å². The van der Waals surface area contributed by atoms with Gasteiger partial charge in [0.1, 0.15) is 10.8 Å². The third-order valence-corrected chi connectivity index (χ3v) is 6.29. The van der Waals surface area contributed by atoms with Crippen LogP contribution in [0.5, 0.6) is 0 Å². The standard InChI is InChI=1S/C22H23ClFNO3S/c1-3-11-28-22(27)20-15-8-7-13(2)12-18(15)29-21(20)25-19(26)10-9-14-16(23)5-4-6-17(14)24/h4-6,9-10,13H,3,7-8,11-12H2,1-2H3,(H,25,26)/b10-9+. The van der Waals surface area contributed by atoms with E-state index in [1.165, 1.54) is 35.6 Å². The predicted molar refractivity (Wildman–Crippen MR) is 115 cm³/mol. The molecular weight excluding hydrogens is 413 g/mol. The number of amides is 1. The van der Waals surface area contributed by atoms with Gasteiger partial charge in [0, 0.05) is 16.5 Å². The van der Waals surface area contributed by atoms with Crippen molar-refractivity contribution in [2.75, 3.05) is 11.9 Å². The Morgan fingerprint density at radius 3 is 2.93 bits per heavy atom. The van der Waals surface area contributed by atoms with Crippen molar-refractivity contribution in [3.63, 3.8) is 0 Å². The van der Waals surface area contributed by atoms with Crippen LogP contribution in [0.15, 0.2) is 24.3 Å². The highest BCUT2D eigenvalue weighted by Gasteiger charge is 2.29. The molecule has 1 aliphatic rings. The normalized spacial score (nSPS) is 15.9. The summed E-state index contributed by atoms with van der Waals surface area (Å²) in [4.78, 5) is 26.2. The molecular formula is C22H23ClFNO3S. The van der Waals surface area contributed by atoms with E-state index in [1.54, 1.807) is 6.07 Å². The van der Waals surface area contributed by atoms with Gasteiger partial charge in [0.2, 0.25) is 5.91 Å². The molecule has 2 aromatic rings. The zero-order valence-corrected chi connectivity index (χ0v) is 18.0. The number of ether oxygens (including phenoxy) is 1. The van der Waals surface area contributed by atoms with Crippen molar-refractivity contribution in [2.24, 2.45) is 5.92 Å². The van der Waals surface area contributed by atoms with Gasteiger partial charge in [0.05, 0.1) is 17.2 Å². The highest BCUT2D eigenvalue weighted by atomic mass is 35.5. The lowest BCUT2D eigenvalue weighted by Crippen LogP contribution is -2.16. The number of carbonyl (C=O) groups excluding carboxylic acids is 2. The minimum Gasteiger partial charge on any atom is -0.462 e. The zero-order chi connectivity index (χ0) is 21.0. The van der Waals surface area contributed by atoms with Crippen LogP contribution in [0.4, 0.5) is 9.39 Å². The van der Waals surface area contributed by atoms with E-state index in [9.17, 15) is 14.0 Å². The van der Waals surface area contributed by atoms with Gasteiger partial charge < -0.3 is 10.1 Å². The first-order chi connectivity index (χ1) is 13.9. The molecule has 154 valence electrons. The van der Waals surface area contributed by atoms with E-state index in [2.05, 4.69) is 12.2 Å². The summed E-state index contributed by atoms with van der Waals surface area (Å²) in [5.41, 5.74) is 1.58. The molecule has 4 nitrogen and oxygen atoms in total. The molecule has 0 saturated carbocycles. The van der Waals surface area contributed by atoms with Crippen LogP contribution in [0, 0.1) is 11.7 Å². The van der Waals surface area contributed by atoms with Crippen LogP contribution in [0.25, 0.3) is 6.08 Å². The number of fused-ring (bicyclic) bond motifs is 1. The third kappa shape index (κ3) is 5.06. The maximum atomic E-state index is 13.9. The summed E-state index contributed by atoms with van der Waals surface area (Å²) < 4.78 is 19.2. The fraction of sp³-hybridized carbons (Fsp3) is 0.364. The van der Waals surface area contributed by atoms with Gasteiger partial charge in [-0.15, -0.1) is 11.3 Å². The molecule has 0 spiro atoms. The predicted octanol–water partition coefficient (Wildman–Crippen LogP) is 5.88. The van der Waals surface area contributed by atoms with E-state index in [-0.39, 0.29) is 10.6 Å². The molecule has 3 rings (SSSR count). The quantitative estimate of drug-likeness (QED) is 0.455. The van der Waals surface area contributed by atoms with Crippen LogP contribution in [0.3, 0.4) is 0 Å². The first-order valence-corrected chi connectivity index (χ1v) is 10.8. The monoisotopic (exact) mass is 435 g/mol. The Balaban J connectivity index is 1.85. The Morgan fingerprint density at radius 2 is 2.21 bits per heavy atom. The number of esters is 1. The Labute approximate surface area is 178 Å². The van der Waals surface area contributed by atoms with E-state index in [0.717, 1.165) is 36.1 Å². The van der Waals surface area contributed by atoms with E-state index < -0.39 is 17.7 Å². The third-order valence-electron chi connectivity index (χ3n) is 4.79. The van der Waals surface area contributed by atoms with Crippen molar-refractivity contribution in [1.29, 1.82) is 0 Å². The molecule has 7 heteroatoms. The minimum atomic E-state index is -0.508. The van der Waals surface area contributed by atoms with Crippen molar-refractivity contribution in [3.8, 4) is 0 Å². The second-order valence-corrected chi connectivity index (χ2v) is 8.66. The van der Waals surface area contributed by atoms with E-state index >= 15 is 0 Å². The molecule has 1 aromatic heterocycles. The van der Waals surface area contributed by atoms with Crippen LogP contribution < -0.4 is 5.32 Å². The summed E-state index contributed by atoms with van der Waals surface area (Å²) >= 11 is 7.41. The lowest BCUT2D eigenvalue weighted by Gasteiger charge is -2.18. The average Bonchev–Trinajstić information content (AvgIpc) is 3.02. The number of hydrogen-bond acceptors (Lipinski definition) is 4. The fourth-order valence-corrected chi connectivity index (χ4v) is 4.93. The van der Waals surface area contributed by atoms with Crippen LogP contribution in [0.2, 0.25) is 5.02 Å². The van der Waals surface area contributed by atoms with Gasteiger partial charge in [0.15, 0.2) is 0 Å². The summed E-state index contributed by atoms with van der Waals surface area (Å²) in [7, 11) is 0. The number of carbonyl (C=O) groups is 2. The molecule has 1 atom stereocenters. The van der Waals surface area contributed by atoms with Crippen molar-refractivity contribution in [2.45, 2.75) is 39.5 Å². The zero-order valence-electron chi connectivity index (χ0n) is 16.4. The van der Waals surface area contributed by atoms with Gasteiger partial charge >= 0.3 is 5.97 Å². The van der Waals surface area contributed by atoms with Crippen molar-refractivity contribution < 1.29 is 18.7 Å². The van der Waals surface area contributed by atoms with Crippen LogP contribution in [-0.2, 0) is 22.4 Å². The summed E-state index contributed by atoms with van der Waals surface area (Å²) in [6.07, 6.45) is 5.94. The maximum absolute atomic E-state index is 13.9. The number of thiophene rings is 1. The topological polar surface area (TPSA) is 55.4 Å². The van der Waals surface area contributed by atoms with E-state index in [0.29, 0.717) is 23.1 Å². The lowest BCUT2D eigenvalue weighted by molar-refractivity contribution is -0.111. The summed E-state index contributed by atoms with van der Waals surface area (Å²) in [6.45, 7) is 4.44. The number of rotatable bonds is 6. The summed E-state index contributed by atoms with van der Waals surface area (Å²) in [5.74, 6) is -0.839. The Kier molecular flexibility index (Phi) is 7.09. The van der Waals surface area contributed by atoms with Gasteiger partial charge in [0.25, 0.3) is 0 Å². The molecule has 0 fully saturated rings. The molecule has 0 saturated heterocycles. The number of hydrogen-bond donors (Lipinski definition) is 1. The molecule has 1 aliphatic carbocycles. The van der Waals surface area contributed by atoms with Crippen molar-refractivity contribution >= 4 is 45.9 Å². The van der Waals surface area contributed by atoms with Gasteiger partial charge in [-0.25, -0.2) is 9.18 Å². The first kappa shape index (κ1) is 21.5. The molecule has 1 unspecified atom stereocenters. The molecule has 1 N–H and O–H groups in total. The molecule has 1 heterocycles. The summed E-state index contributed by atoms with van der Waals surface area (Å²) in [6, 6.07) is 4.33. The SMILES string of the molecule is CCCOC(=O)c1c(NC(=O)/C=C/c2c(F)cccc2Cl)sc2c1CCC(C)C2. The Morgan fingerprint density at radius 1 is 1.41 bits per heavy atom.